The van der Waals surface area contributed by atoms with E-state index in [2.05, 4.69) is 26.5 Å². The average Bonchev–Trinajstić information content (AvgIpc) is 2.47. The van der Waals surface area contributed by atoms with Gasteiger partial charge in [0.25, 0.3) is 0 Å². The molecular formula is C14H18N4S. The number of nitrogens with one attached hydrogen (secondary N) is 1. The standard InChI is InChI=1S/C14H18N4S/c1-19-11-4-2-3-10(9-11)17-13-6-5-12-14(18-13)16-8-7-15-12/h5-8,10-11H,2-4,9H2,1H3,(H,16,17,18)/t10-,11-/m0/s1. The van der Waals surface area contributed by atoms with Crippen molar-refractivity contribution in [1.29, 1.82) is 0 Å². The molecule has 0 unspecified atom stereocenters. The Morgan fingerprint density at radius 3 is 3.00 bits per heavy atom. The zero-order valence-corrected chi connectivity index (χ0v) is 11.9. The Balaban J connectivity index is 1.74. The Morgan fingerprint density at radius 2 is 2.11 bits per heavy atom. The lowest BCUT2D eigenvalue weighted by molar-refractivity contribution is 0.473. The number of rotatable bonds is 3. The van der Waals surface area contributed by atoms with Crippen molar-refractivity contribution in [1.82, 2.24) is 15.0 Å². The number of aromatic nitrogens is 3. The number of fused-ring (bicyclic) bond motifs is 1. The summed E-state index contributed by atoms with van der Waals surface area (Å²) in [6, 6.07) is 4.51. The molecule has 0 radical (unpaired) electrons. The van der Waals surface area contributed by atoms with Crippen molar-refractivity contribution in [2.75, 3.05) is 11.6 Å². The van der Waals surface area contributed by atoms with E-state index in [0.29, 0.717) is 11.7 Å². The van der Waals surface area contributed by atoms with Crippen molar-refractivity contribution in [3.05, 3.63) is 24.5 Å². The average molecular weight is 274 g/mol. The highest BCUT2D eigenvalue weighted by Crippen LogP contribution is 2.28. The van der Waals surface area contributed by atoms with E-state index in [1.807, 2.05) is 23.9 Å². The summed E-state index contributed by atoms with van der Waals surface area (Å²) in [5.74, 6) is 0.916. The number of hydrogen-bond donors (Lipinski definition) is 1. The quantitative estimate of drug-likeness (QED) is 0.932. The monoisotopic (exact) mass is 274 g/mol. The predicted octanol–water partition coefficient (Wildman–Crippen LogP) is 3.11. The molecule has 2 aromatic heterocycles. The van der Waals surface area contributed by atoms with Crippen molar-refractivity contribution in [2.45, 2.75) is 37.0 Å². The third-order valence-corrected chi connectivity index (χ3v) is 4.74. The van der Waals surface area contributed by atoms with Crippen molar-refractivity contribution in [3.8, 4) is 0 Å². The molecule has 100 valence electrons. The minimum atomic E-state index is 0.535. The Bertz CT molecular complexity index is 560. The first-order valence-corrected chi connectivity index (χ1v) is 8.01. The van der Waals surface area contributed by atoms with Crippen LogP contribution in [0.2, 0.25) is 0 Å². The summed E-state index contributed by atoms with van der Waals surface area (Å²) in [5, 5.41) is 4.33. The van der Waals surface area contributed by atoms with Gasteiger partial charge in [0, 0.05) is 23.7 Å². The van der Waals surface area contributed by atoms with Crippen molar-refractivity contribution >= 4 is 28.7 Å². The Labute approximate surface area is 117 Å². The summed E-state index contributed by atoms with van der Waals surface area (Å²) in [4.78, 5) is 13.0. The molecule has 1 fully saturated rings. The zero-order chi connectivity index (χ0) is 13.1. The molecular weight excluding hydrogens is 256 g/mol. The highest BCUT2D eigenvalue weighted by molar-refractivity contribution is 7.99. The van der Waals surface area contributed by atoms with Gasteiger partial charge in [-0.25, -0.2) is 9.97 Å². The second-order valence-corrected chi connectivity index (χ2v) is 6.10. The lowest BCUT2D eigenvalue weighted by Gasteiger charge is -2.29. The molecule has 0 aromatic carbocycles. The molecule has 1 aliphatic rings. The van der Waals surface area contributed by atoms with Crippen LogP contribution in [0, 0.1) is 0 Å². The highest BCUT2D eigenvalue weighted by Gasteiger charge is 2.21. The van der Waals surface area contributed by atoms with Gasteiger partial charge in [-0.2, -0.15) is 11.8 Å². The predicted molar refractivity (Wildman–Crippen MR) is 80.5 cm³/mol. The molecule has 0 aliphatic heterocycles. The highest BCUT2D eigenvalue weighted by atomic mass is 32.2. The van der Waals surface area contributed by atoms with E-state index in [1.54, 1.807) is 12.4 Å². The van der Waals surface area contributed by atoms with E-state index in [-0.39, 0.29) is 0 Å². The molecule has 0 amide bonds. The van der Waals surface area contributed by atoms with Crippen LogP contribution in [0.15, 0.2) is 24.5 Å². The molecule has 1 aliphatic carbocycles. The number of hydrogen-bond acceptors (Lipinski definition) is 5. The van der Waals surface area contributed by atoms with Crippen molar-refractivity contribution in [2.24, 2.45) is 0 Å². The van der Waals surface area contributed by atoms with Gasteiger partial charge in [0.2, 0.25) is 0 Å². The molecule has 1 N–H and O–H groups in total. The first-order valence-electron chi connectivity index (χ1n) is 6.72. The van der Waals surface area contributed by atoms with Crippen LogP contribution in [0.25, 0.3) is 11.2 Å². The van der Waals surface area contributed by atoms with Gasteiger partial charge >= 0.3 is 0 Å². The minimum absolute atomic E-state index is 0.535. The van der Waals surface area contributed by atoms with Crippen LogP contribution in [0.5, 0.6) is 0 Å². The summed E-state index contributed by atoms with van der Waals surface area (Å²) in [6.07, 6.45) is 10.7. The molecule has 2 atom stereocenters. The molecule has 4 nitrogen and oxygen atoms in total. The molecule has 0 spiro atoms. The van der Waals surface area contributed by atoms with Crippen LogP contribution in [0.4, 0.5) is 5.82 Å². The van der Waals surface area contributed by atoms with Crippen LogP contribution >= 0.6 is 11.8 Å². The maximum atomic E-state index is 4.53. The fourth-order valence-corrected chi connectivity index (χ4v) is 3.46. The summed E-state index contributed by atoms with van der Waals surface area (Å²) >= 11 is 1.98. The SMILES string of the molecule is CS[C@H]1CCC[C@H](Nc2ccc3nccnc3n2)C1. The van der Waals surface area contributed by atoms with Crippen LogP contribution in [-0.2, 0) is 0 Å². The summed E-state index contributed by atoms with van der Waals surface area (Å²) in [6.45, 7) is 0. The Kier molecular flexibility index (Phi) is 3.82. The van der Waals surface area contributed by atoms with Gasteiger partial charge in [-0.15, -0.1) is 0 Å². The van der Waals surface area contributed by atoms with Crippen molar-refractivity contribution < 1.29 is 0 Å². The van der Waals surface area contributed by atoms with E-state index in [0.717, 1.165) is 16.6 Å². The number of thioether (sulfide) groups is 1. The van der Waals surface area contributed by atoms with Crippen LogP contribution < -0.4 is 5.32 Å². The lowest BCUT2D eigenvalue weighted by Crippen LogP contribution is -2.28. The van der Waals surface area contributed by atoms with E-state index >= 15 is 0 Å². The van der Waals surface area contributed by atoms with Gasteiger partial charge in [0.1, 0.15) is 11.3 Å². The molecule has 2 heterocycles. The maximum Gasteiger partial charge on any atom is 0.180 e. The maximum absolute atomic E-state index is 4.53. The molecule has 0 bridgehead atoms. The number of nitrogens with zero attached hydrogens (tertiary/aromatic N) is 3. The number of pyridine rings is 1. The summed E-state index contributed by atoms with van der Waals surface area (Å²) < 4.78 is 0. The van der Waals surface area contributed by atoms with E-state index in [9.17, 15) is 0 Å². The van der Waals surface area contributed by atoms with Gasteiger partial charge in [0.05, 0.1) is 0 Å². The Morgan fingerprint density at radius 1 is 1.21 bits per heavy atom. The smallest absolute Gasteiger partial charge is 0.180 e. The van der Waals surface area contributed by atoms with Gasteiger partial charge in [-0.05, 0) is 37.7 Å². The normalized spacial score (nSPS) is 23.4. The zero-order valence-electron chi connectivity index (χ0n) is 11.0. The fraction of sp³-hybridized carbons (Fsp3) is 0.500. The van der Waals surface area contributed by atoms with E-state index < -0.39 is 0 Å². The minimum Gasteiger partial charge on any atom is -0.367 e. The molecule has 0 saturated heterocycles. The van der Waals surface area contributed by atoms with E-state index in [4.69, 9.17) is 0 Å². The van der Waals surface area contributed by atoms with Gasteiger partial charge in [-0.1, -0.05) is 6.42 Å². The third kappa shape index (κ3) is 2.97. The van der Waals surface area contributed by atoms with Gasteiger partial charge in [0.15, 0.2) is 5.65 Å². The molecule has 3 rings (SSSR count). The second-order valence-electron chi connectivity index (χ2n) is 4.96. The summed E-state index contributed by atoms with van der Waals surface area (Å²) in [7, 11) is 0. The van der Waals surface area contributed by atoms with E-state index in [1.165, 1.54) is 25.7 Å². The number of anilines is 1. The summed E-state index contributed by atoms with van der Waals surface area (Å²) in [5.41, 5.74) is 1.56. The second kappa shape index (κ2) is 5.74. The topological polar surface area (TPSA) is 50.7 Å². The first-order chi connectivity index (χ1) is 9.35. The van der Waals surface area contributed by atoms with Crippen LogP contribution in [0.3, 0.4) is 0 Å². The van der Waals surface area contributed by atoms with Crippen molar-refractivity contribution in [3.63, 3.8) is 0 Å². The van der Waals surface area contributed by atoms with Gasteiger partial charge in [-0.3, -0.25) is 4.98 Å². The van der Waals surface area contributed by atoms with Crippen LogP contribution in [-0.4, -0.2) is 32.5 Å². The molecule has 1 saturated carbocycles. The van der Waals surface area contributed by atoms with Crippen LogP contribution in [0.1, 0.15) is 25.7 Å². The molecule has 2 aromatic rings. The Hall–Kier alpha value is -1.36. The van der Waals surface area contributed by atoms with Gasteiger partial charge < -0.3 is 5.32 Å². The molecule has 5 heteroatoms. The largest absolute Gasteiger partial charge is 0.367 e. The lowest BCUT2D eigenvalue weighted by atomic mass is 9.95. The fourth-order valence-electron chi connectivity index (χ4n) is 2.63. The third-order valence-electron chi connectivity index (χ3n) is 3.64. The molecule has 19 heavy (non-hydrogen) atoms. The first kappa shape index (κ1) is 12.7.